The van der Waals surface area contributed by atoms with Crippen molar-refractivity contribution < 1.29 is 5.11 Å². The van der Waals surface area contributed by atoms with Crippen LogP contribution in [0, 0.1) is 6.92 Å². The molecule has 0 aliphatic heterocycles. The molecular formula is C27H20N2O. The Labute approximate surface area is 174 Å². The zero-order valence-corrected chi connectivity index (χ0v) is 16.6. The Bertz CT molecular complexity index is 1370. The van der Waals surface area contributed by atoms with Crippen LogP contribution in [0.4, 0.5) is 0 Å². The van der Waals surface area contributed by atoms with Crippen molar-refractivity contribution in [1.29, 1.82) is 0 Å². The highest BCUT2D eigenvalue weighted by Gasteiger charge is 2.45. The first-order valence-corrected chi connectivity index (χ1v) is 10.1. The summed E-state index contributed by atoms with van der Waals surface area (Å²) in [4.78, 5) is 5.05. The number of aromatic nitrogens is 2. The molecule has 0 fully saturated rings. The fraction of sp³-hybridized carbons (Fsp3) is 0.0741. The minimum absolute atomic E-state index is 0.663. The lowest BCUT2D eigenvalue weighted by molar-refractivity contribution is 0.128. The van der Waals surface area contributed by atoms with Crippen molar-refractivity contribution in [1.82, 2.24) is 9.38 Å². The topological polar surface area (TPSA) is 37.5 Å². The first kappa shape index (κ1) is 17.2. The van der Waals surface area contributed by atoms with Crippen molar-refractivity contribution >= 4 is 5.52 Å². The number of imidazole rings is 1. The maximum absolute atomic E-state index is 12.3. The van der Waals surface area contributed by atoms with E-state index in [9.17, 15) is 5.11 Å². The number of benzene rings is 3. The maximum atomic E-state index is 12.3. The molecule has 3 heteroatoms. The average Bonchev–Trinajstić information content (AvgIpc) is 3.30. The molecule has 6 rings (SSSR count). The van der Waals surface area contributed by atoms with Gasteiger partial charge in [0.2, 0.25) is 0 Å². The molecule has 1 N–H and O–H groups in total. The van der Waals surface area contributed by atoms with Crippen LogP contribution in [-0.2, 0) is 5.60 Å². The van der Waals surface area contributed by atoms with Crippen molar-refractivity contribution in [2.75, 3.05) is 0 Å². The quantitative estimate of drug-likeness (QED) is 0.429. The molecule has 0 atom stereocenters. The number of aryl methyl sites for hydroxylation is 1. The zero-order valence-electron chi connectivity index (χ0n) is 16.6. The van der Waals surface area contributed by atoms with Crippen molar-refractivity contribution in [3.63, 3.8) is 0 Å². The van der Waals surface area contributed by atoms with Gasteiger partial charge in [0.05, 0.1) is 5.52 Å². The number of pyridine rings is 1. The second-order valence-corrected chi connectivity index (χ2v) is 7.91. The lowest BCUT2D eigenvalue weighted by Gasteiger charge is -2.24. The molecule has 2 aromatic heterocycles. The van der Waals surface area contributed by atoms with E-state index >= 15 is 0 Å². The van der Waals surface area contributed by atoms with Crippen LogP contribution in [0.5, 0.6) is 0 Å². The number of hydrogen-bond acceptors (Lipinski definition) is 2. The highest BCUT2D eigenvalue weighted by Crippen LogP contribution is 2.51. The molecule has 1 aliphatic rings. The van der Waals surface area contributed by atoms with Gasteiger partial charge in [-0.1, -0.05) is 84.4 Å². The number of rotatable bonds is 2. The molecule has 0 amide bonds. The van der Waals surface area contributed by atoms with Crippen molar-refractivity contribution in [3.05, 3.63) is 120 Å². The molecule has 0 bridgehead atoms. The van der Waals surface area contributed by atoms with Crippen LogP contribution < -0.4 is 0 Å². The third kappa shape index (κ3) is 2.21. The van der Waals surface area contributed by atoms with Gasteiger partial charge in [-0.05, 0) is 30.2 Å². The van der Waals surface area contributed by atoms with Crippen molar-refractivity contribution in [2.45, 2.75) is 12.5 Å². The number of nitrogens with zero attached hydrogens (tertiary/aromatic N) is 2. The van der Waals surface area contributed by atoms with E-state index in [0.29, 0.717) is 5.69 Å². The Hall–Kier alpha value is -3.69. The summed E-state index contributed by atoms with van der Waals surface area (Å²) < 4.78 is 2.07. The minimum Gasteiger partial charge on any atom is -0.374 e. The van der Waals surface area contributed by atoms with Crippen molar-refractivity contribution in [2.24, 2.45) is 0 Å². The number of fused-ring (bicyclic) bond motifs is 4. The van der Waals surface area contributed by atoms with Gasteiger partial charge < -0.3 is 5.11 Å². The van der Waals surface area contributed by atoms with Gasteiger partial charge in [0, 0.05) is 22.9 Å². The summed E-state index contributed by atoms with van der Waals surface area (Å²) in [5, 5.41) is 12.3. The van der Waals surface area contributed by atoms with Crippen LogP contribution in [-0.4, -0.2) is 14.5 Å². The number of aliphatic hydroxyl groups is 1. The van der Waals surface area contributed by atoms with Crippen LogP contribution in [0.25, 0.3) is 28.0 Å². The van der Waals surface area contributed by atoms with E-state index in [1.165, 1.54) is 5.56 Å². The van der Waals surface area contributed by atoms with E-state index in [1.807, 2.05) is 60.8 Å². The average molecular weight is 388 g/mol. The predicted molar refractivity (Wildman–Crippen MR) is 119 cm³/mol. The molecular weight excluding hydrogens is 368 g/mol. The molecule has 0 unspecified atom stereocenters. The summed E-state index contributed by atoms with van der Waals surface area (Å²) >= 11 is 0. The summed E-state index contributed by atoms with van der Waals surface area (Å²) in [5.41, 5.74) is 6.37. The fourth-order valence-electron chi connectivity index (χ4n) is 4.68. The second kappa shape index (κ2) is 6.15. The largest absolute Gasteiger partial charge is 0.374 e. The maximum Gasteiger partial charge on any atom is 0.160 e. The predicted octanol–water partition coefficient (Wildman–Crippen LogP) is 5.57. The molecule has 0 saturated carbocycles. The molecule has 2 heterocycles. The van der Waals surface area contributed by atoms with Gasteiger partial charge in [-0.2, -0.15) is 0 Å². The summed E-state index contributed by atoms with van der Waals surface area (Å²) in [6.07, 6.45) is 2.01. The van der Waals surface area contributed by atoms with E-state index in [0.717, 1.165) is 39.2 Å². The van der Waals surface area contributed by atoms with E-state index in [2.05, 4.69) is 47.7 Å². The fourth-order valence-corrected chi connectivity index (χ4v) is 4.68. The molecule has 144 valence electrons. The van der Waals surface area contributed by atoms with Gasteiger partial charge in [-0.25, -0.2) is 4.98 Å². The molecule has 30 heavy (non-hydrogen) atoms. The van der Waals surface area contributed by atoms with Gasteiger partial charge >= 0.3 is 0 Å². The molecule has 5 aromatic rings. The summed E-state index contributed by atoms with van der Waals surface area (Å²) in [6, 6.07) is 30.5. The van der Waals surface area contributed by atoms with Crippen LogP contribution >= 0.6 is 0 Å². The van der Waals surface area contributed by atoms with Gasteiger partial charge in [0.15, 0.2) is 5.60 Å². The van der Waals surface area contributed by atoms with Gasteiger partial charge in [0.1, 0.15) is 11.5 Å². The third-order valence-corrected chi connectivity index (χ3v) is 6.12. The van der Waals surface area contributed by atoms with E-state index in [-0.39, 0.29) is 0 Å². The summed E-state index contributed by atoms with van der Waals surface area (Å²) in [5.74, 6) is 0.830. The lowest BCUT2D eigenvalue weighted by Crippen LogP contribution is -2.27. The van der Waals surface area contributed by atoms with Crippen LogP contribution in [0.3, 0.4) is 0 Å². The monoisotopic (exact) mass is 388 g/mol. The molecule has 0 saturated heterocycles. The SMILES string of the molecule is Cc1ccc(-c2nc(C3(O)c4ccccc4-c4ccccc43)c3ccccn23)cc1. The highest BCUT2D eigenvalue weighted by molar-refractivity contribution is 5.84. The Balaban J connectivity index is 1.69. The first-order chi connectivity index (χ1) is 14.7. The molecule has 3 nitrogen and oxygen atoms in total. The normalized spacial score (nSPS) is 13.9. The van der Waals surface area contributed by atoms with E-state index < -0.39 is 5.60 Å². The third-order valence-electron chi connectivity index (χ3n) is 6.12. The Morgan fingerprint density at radius 1 is 0.733 bits per heavy atom. The second-order valence-electron chi connectivity index (χ2n) is 7.91. The molecule has 3 aromatic carbocycles. The van der Waals surface area contributed by atoms with Crippen LogP contribution in [0.15, 0.2) is 97.2 Å². The first-order valence-electron chi connectivity index (χ1n) is 10.1. The van der Waals surface area contributed by atoms with Crippen LogP contribution in [0.2, 0.25) is 0 Å². The lowest BCUT2D eigenvalue weighted by atomic mass is 9.87. The zero-order chi connectivity index (χ0) is 20.3. The van der Waals surface area contributed by atoms with Crippen LogP contribution in [0.1, 0.15) is 22.4 Å². The summed E-state index contributed by atoms with van der Waals surface area (Å²) in [6.45, 7) is 2.08. The van der Waals surface area contributed by atoms with E-state index in [4.69, 9.17) is 4.98 Å². The Morgan fingerprint density at radius 2 is 1.33 bits per heavy atom. The van der Waals surface area contributed by atoms with E-state index in [1.54, 1.807) is 0 Å². The Kier molecular flexibility index (Phi) is 3.53. The van der Waals surface area contributed by atoms with Gasteiger partial charge in [0.25, 0.3) is 0 Å². The van der Waals surface area contributed by atoms with Gasteiger partial charge in [-0.3, -0.25) is 4.40 Å². The summed E-state index contributed by atoms with van der Waals surface area (Å²) in [7, 11) is 0. The van der Waals surface area contributed by atoms with Gasteiger partial charge in [-0.15, -0.1) is 0 Å². The minimum atomic E-state index is -1.30. The molecule has 0 spiro atoms. The molecule has 0 radical (unpaired) electrons. The molecule has 1 aliphatic carbocycles. The highest BCUT2D eigenvalue weighted by atomic mass is 16.3. The standard InChI is InChI=1S/C27H20N2O/c1-18-13-15-19(16-14-18)26-28-25(24-12-6-7-17-29(24)26)27(30)22-10-4-2-8-20(22)21-9-3-5-11-23(21)27/h2-17,30H,1H3. The number of hydrogen-bond donors (Lipinski definition) is 1. The van der Waals surface area contributed by atoms with Crippen molar-refractivity contribution in [3.8, 4) is 22.5 Å². The smallest absolute Gasteiger partial charge is 0.160 e. The Morgan fingerprint density at radius 3 is 2.00 bits per heavy atom.